The van der Waals surface area contributed by atoms with Crippen molar-refractivity contribution in [3.8, 4) is 0 Å². The molecule has 1 saturated carbocycles. The van der Waals surface area contributed by atoms with Gasteiger partial charge in [-0.15, -0.1) is 0 Å². The minimum absolute atomic E-state index is 0.778. The zero-order chi connectivity index (χ0) is 14.2. The molecule has 1 aliphatic rings. The first-order chi connectivity index (χ1) is 9.79. The van der Waals surface area contributed by atoms with E-state index in [1.54, 1.807) is 0 Å². The van der Waals surface area contributed by atoms with Gasteiger partial charge in [0.2, 0.25) is 0 Å². The molecule has 20 heavy (non-hydrogen) atoms. The van der Waals surface area contributed by atoms with Gasteiger partial charge in [-0.25, -0.2) is 0 Å². The van der Waals surface area contributed by atoms with Gasteiger partial charge in [0.25, 0.3) is 0 Å². The Bertz CT molecular complexity index is 363. The van der Waals surface area contributed by atoms with Gasteiger partial charge in [0.15, 0.2) is 0 Å². The molecule has 1 aromatic rings. The van der Waals surface area contributed by atoms with Crippen LogP contribution < -0.4 is 5.32 Å². The van der Waals surface area contributed by atoms with Crippen LogP contribution in [-0.2, 0) is 6.54 Å². The summed E-state index contributed by atoms with van der Waals surface area (Å²) in [4.78, 5) is 2.46. The van der Waals surface area contributed by atoms with E-state index in [0.29, 0.717) is 0 Å². The summed E-state index contributed by atoms with van der Waals surface area (Å²) in [5.41, 5.74) is 1.42. The molecule has 0 amide bonds. The molecular formula is C18H30N2. The molecule has 2 nitrogen and oxygen atoms in total. The normalized spacial score (nSPS) is 22.6. The van der Waals surface area contributed by atoms with Crippen LogP contribution in [0.15, 0.2) is 30.3 Å². The maximum absolute atomic E-state index is 3.74. The van der Waals surface area contributed by atoms with Gasteiger partial charge in [0.05, 0.1) is 0 Å². The zero-order valence-electron chi connectivity index (χ0n) is 13.1. The Balaban J connectivity index is 1.71. The first-order valence-electron chi connectivity index (χ1n) is 8.25. The number of hydrogen-bond acceptors (Lipinski definition) is 2. The lowest BCUT2D eigenvalue weighted by molar-refractivity contribution is 0.275. The fourth-order valence-corrected chi connectivity index (χ4v) is 3.34. The van der Waals surface area contributed by atoms with Gasteiger partial charge in [-0.3, -0.25) is 0 Å². The lowest BCUT2D eigenvalue weighted by Crippen LogP contribution is -2.34. The highest BCUT2D eigenvalue weighted by Gasteiger charge is 2.26. The number of nitrogens with one attached hydrogen (secondary N) is 1. The molecule has 1 fully saturated rings. The van der Waals surface area contributed by atoms with Crippen molar-refractivity contribution in [2.24, 2.45) is 5.92 Å². The third-order valence-electron chi connectivity index (χ3n) is 4.49. The van der Waals surface area contributed by atoms with Gasteiger partial charge in [-0.05, 0) is 57.3 Å². The van der Waals surface area contributed by atoms with Crippen molar-refractivity contribution in [2.45, 2.75) is 51.6 Å². The average molecular weight is 274 g/mol. The Morgan fingerprint density at radius 3 is 2.75 bits per heavy atom. The van der Waals surface area contributed by atoms with Crippen LogP contribution >= 0.6 is 0 Å². The van der Waals surface area contributed by atoms with Crippen LogP contribution in [0.4, 0.5) is 0 Å². The van der Waals surface area contributed by atoms with Crippen LogP contribution in [0.25, 0.3) is 0 Å². The van der Waals surface area contributed by atoms with Crippen LogP contribution in [0.5, 0.6) is 0 Å². The van der Waals surface area contributed by atoms with E-state index in [-0.39, 0.29) is 0 Å². The minimum Gasteiger partial charge on any atom is -0.314 e. The minimum atomic E-state index is 0.778. The van der Waals surface area contributed by atoms with Crippen LogP contribution in [-0.4, -0.2) is 31.1 Å². The fraction of sp³-hybridized carbons (Fsp3) is 0.667. The Morgan fingerprint density at radius 2 is 2.00 bits per heavy atom. The van der Waals surface area contributed by atoms with Gasteiger partial charge >= 0.3 is 0 Å². The predicted molar refractivity (Wildman–Crippen MR) is 86.8 cm³/mol. The molecular weight excluding hydrogens is 244 g/mol. The molecule has 2 unspecified atom stereocenters. The zero-order valence-corrected chi connectivity index (χ0v) is 13.1. The predicted octanol–water partition coefficient (Wildman–Crippen LogP) is 3.68. The molecule has 0 saturated heterocycles. The molecule has 1 aliphatic carbocycles. The summed E-state index contributed by atoms with van der Waals surface area (Å²) < 4.78 is 0. The standard InChI is InChI=1S/C18H30N2/c1-3-13-19-18-11-7-10-17(18)12-14-20(2)15-16-8-5-4-6-9-16/h4-6,8-9,17-19H,3,7,10-15H2,1-2H3. The molecule has 112 valence electrons. The molecule has 2 rings (SSSR count). The maximum atomic E-state index is 3.74. The van der Waals surface area contributed by atoms with Crippen molar-refractivity contribution in [1.82, 2.24) is 10.2 Å². The van der Waals surface area contributed by atoms with Crippen molar-refractivity contribution in [1.29, 1.82) is 0 Å². The van der Waals surface area contributed by atoms with Crippen molar-refractivity contribution >= 4 is 0 Å². The second kappa shape index (κ2) is 8.43. The van der Waals surface area contributed by atoms with E-state index in [1.807, 2.05) is 0 Å². The summed E-state index contributed by atoms with van der Waals surface area (Å²) >= 11 is 0. The molecule has 0 bridgehead atoms. The van der Waals surface area contributed by atoms with Crippen LogP contribution in [0.1, 0.15) is 44.6 Å². The SMILES string of the molecule is CCCNC1CCCC1CCN(C)Cc1ccccc1. The Kier molecular flexibility index (Phi) is 6.55. The highest BCUT2D eigenvalue weighted by Crippen LogP contribution is 2.28. The third-order valence-corrected chi connectivity index (χ3v) is 4.49. The third kappa shape index (κ3) is 4.92. The second-order valence-corrected chi connectivity index (χ2v) is 6.26. The lowest BCUT2D eigenvalue weighted by Gasteiger charge is -2.24. The molecule has 0 aromatic heterocycles. The van der Waals surface area contributed by atoms with Crippen molar-refractivity contribution in [3.63, 3.8) is 0 Å². The monoisotopic (exact) mass is 274 g/mol. The summed E-state index contributed by atoms with van der Waals surface area (Å²) in [6.45, 7) is 5.72. The van der Waals surface area contributed by atoms with E-state index < -0.39 is 0 Å². The van der Waals surface area contributed by atoms with Crippen molar-refractivity contribution in [2.75, 3.05) is 20.1 Å². The molecule has 2 heteroatoms. The van der Waals surface area contributed by atoms with Gasteiger partial charge in [-0.2, -0.15) is 0 Å². The lowest BCUT2D eigenvalue weighted by atomic mass is 9.99. The highest BCUT2D eigenvalue weighted by atomic mass is 15.1. The van der Waals surface area contributed by atoms with E-state index in [9.17, 15) is 0 Å². The van der Waals surface area contributed by atoms with Crippen molar-refractivity contribution in [3.05, 3.63) is 35.9 Å². The maximum Gasteiger partial charge on any atom is 0.0230 e. The Labute approximate surface area is 124 Å². The average Bonchev–Trinajstić information content (AvgIpc) is 2.91. The van der Waals surface area contributed by atoms with Crippen LogP contribution in [0, 0.1) is 5.92 Å². The first-order valence-corrected chi connectivity index (χ1v) is 8.25. The summed E-state index contributed by atoms with van der Waals surface area (Å²) in [5.74, 6) is 0.889. The molecule has 0 radical (unpaired) electrons. The van der Waals surface area contributed by atoms with Gasteiger partial charge in [-0.1, -0.05) is 43.7 Å². The van der Waals surface area contributed by atoms with Gasteiger partial charge < -0.3 is 10.2 Å². The van der Waals surface area contributed by atoms with Crippen LogP contribution in [0.3, 0.4) is 0 Å². The van der Waals surface area contributed by atoms with Gasteiger partial charge in [0.1, 0.15) is 0 Å². The second-order valence-electron chi connectivity index (χ2n) is 6.26. The Morgan fingerprint density at radius 1 is 1.20 bits per heavy atom. The van der Waals surface area contributed by atoms with E-state index in [4.69, 9.17) is 0 Å². The smallest absolute Gasteiger partial charge is 0.0230 e. The molecule has 0 spiro atoms. The molecule has 0 aliphatic heterocycles. The molecule has 1 N–H and O–H groups in total. The molecule has 1 aromatic carbocycles. The quantitative estimate of drug-likeness (QED) is 0.778. The topological polar surface area (TPSA) is 15.3 Å². The summed E-state index contributed by atoms with van der Waals surface area (Å²) in [7, 11) is 2.25. The summed E-state index contributed by atoms with van der Waals surface area (Å²) in [6, 6.07) is 11.6. The van der Waals surface area contributed by atoms with E-state index in [1.165, 1.54) is 50.8 Å². The largest absolute Gasteiger partial charge is 0.314 e. The van der Waals surface area contributed by atoms with Crippen LogP contribution in [0.2, 0.25) is 0 Å². The van der Waals surface area contributed by atoms with Gasteiger partial charge in [0, 0.05) is 12.6 Å². The van der Waals surface area contributed by atoms with E-state index >= 15 is 0 Å². The number of nitrogens with zero attached hydrogens (tertiary/aromatic N) is 1. The van der Waals surface area contributed by atoms with E-state index in [0.717, 1.165) is 18.5 Å². The Hall–Kier alpha value is -0.860. The summed E-state index contributed by atoms with van der Waals surface area (Å²) in [5, 5.41) is 3.74. The number of hydrogen-bond donors (Lipinski definition) is 1. The molecule has 0 heterocycles. The van der Waals surface area contributed by atoms with Crippen molar-refractivity contribution < 1.29 is 0 Å². The number of benzene rings is 1. The fourth-order valence-electron chi connectivity index (χ4n) is 3.34. The van der Waals surface area contributed by atoms with E-state index in [2.05, 4.69) is 54.5 Å². The molecule has 2 atom stereocenters. The first kappa shape index (κ1) is 15.5. The number of rotatable bonds is 8. The summed E-state index contributed by atoms with van der Waals surface area (Å²) in [6.07, 6.45) is 6.80. The highest BCUT2D eigenvalue weighted by molar-refractivity contribution is 5.14.